The van der Waals surface area contributed by atoms with Gasteiger partial charge in [0, 0.05) is 26.7 Å². The van der Waals surface area contributed by atoms with E-state index in [4.69, 9.17) is 4.74 Å². The summed E-state index contributed by atoms with van der Waals surface area (Å²) in [7, 11) is 1.69. The molecule has 7 nitrogen and oxygen atoms in total. The molecule has 0 bridgehead atoms. The Labute approximate surface area is 134 Å². The number of imidazole rings is 1. The number of aromatic amines is 2. The van der Waals surface area contributed by atoms with Gasteiger partial charge in [0.15, 0.2) is 0 Å². The van der Waals surface area contributed by atoms with Gasteiger partial charge in [-0.25, -0.2) is 4.79 Å². The number of benzene rings is 1. The zero-order valence-electron chi connectivity index (χ0n) is 13.2. The van der Waals surface area contributed by atoms with Crippen LogP contribution in [0.1, 0.15) is 12.0 Å². The van der Waals surface area contributed by atoms with Crippen molar-refractivity contribution in [1.29, 1.82) is 0 Å². The van der Waals surface area contributed by atoms with E-state index in [0.29, 0.717) is 13.2 Å². The molecular weight excluding hydrogens is 296 g/mol. The Balaban J connectivity index is 1.53. The quantitative estimate of drug-likeness (QED) is 0.721. The third-order valence-electron chi connectivity index (χ3n) is 4.30. The van der Waals surface area contributed by atoms with E-state index in [0.717, 1.165) is 42.7 Å². The lowest BCUT2D eigenvalue weighted by molar-refractivity contribution is -0.124. The predicted octanol–water partition coefficient (Wildman–Crippen LogP) is 0.441. The summed E-state index contributed by atoms with van der Waals surface area (Å²) in [5.41, 5.74) is 2.28. The van der Waals surface area contributed by atoms with Gasteiger partial charge in [-0.1, -0.05) is 6.07 Å². The monoisotopic (exact) mass is 318 g/mol. The van der Waals surface area contributed by atoms with Crippen molar-refractivity contribution in [3.05, 3.63) is 34.2 Å². The highest BCUT2D eigenvalue weighted by molar-refractivity contribution is 5.79. The Kier molecular flexibility index (Phi) is 4.78. The normalized spacial score (nSPS) is 18.6. The first-order chi connectivity index (χ1) is 11.2. The van der Waals surface area contributed by atoms with Crippen molar-refractivity contribution in [2.75, 3.05) is 33.4 Å². The van der Waals surface area contributed by atoms with E-state index in [-0.39, 0.29) is 17.5 Å². The lowest BCUT2D eigenvalue weighted by Gasteiger charge is -2.15. The lowest BCUT2D eigenvalue weighted by Crippen LogP contribution is -2.33. The largest absolute Gasteiger partial charge is 0.383 e. The van der Waals surface area contributed by atoms with Crippen LogP contribution >= 0.6 is 0 Å². The summed E-state index contributed by atoms with van der Waals surface area (Å²) in [6.07, 6.45) is 0.889. The Morgan fingerprint density at radius 1 is 1.39 bits per heavy atom. The second-order valence-electron chi connectivity index (χ2n) is 5.96. The van der Waals surface area contributed by atoms with Crippen LogP contribution in [-0.4, -0.2) is 54.1 Å². The Morgan fingerprint density at radius 2 is 2.22 bits per heavy atom. The molecule has 0 saturated carbocycles. The summed E-state index contributed by atoms with van der Waals surface area (Å²) in [5, 5.41) is 2.99. The molecule has 2 aromatic rings. The molecule has 1 aliphatic rings. The summed E-state index contributed by atoms with van der Waals surface area (Å²) >= 11 is 0. The third-order valence-corrected chi connectivity index (χ3v) is 4.30. The number of hydrogen-bond donors (Lipinski definition) is 3. The molecule has 0 radical (unpaired) electrons. The standard InChI is InChI=1S/C16H22N4O3/c1-23-7-6-20-5-4-12(10-20)15(21)17-9-11-2-3-13-14(8-11)19-16(22)18-13/h2-3,8,12H,4-7,9-10H2,1H3,(H,17,21)(H2,18,19,22)/t12-/m1/s1. The van der Waals surface area contributed by atoms with Crippen LogP contribution in [-0.2, 0) is 16.1 Å². The number of nitrogens with one attached hydrogen (secondary N) is 3. The molecule has 23 heavy (non-hydrogen) atoms. The molecule has 1 fully saturated rings. The zero-order chi connectivity index (χ0) is 16.2. The molecule has 3 N–H and O–H groups in total. The zero-order valence-corrected chi connectivity index (χ0v) is 13.2. The number of ether oxygens (including phenoxy) is 1. The molecule has 3 rings (SSSR count). The second-order valence-corrected chi connectivity index (χ2v) is 5.96. The maximum atomic E-state index is 12.3. The predicted molar refractivity (Wildman–Crippen MR) is 87.2 cm³/mol. The van der Waals surface area contributed by atoms with Gasteiger partial charge in [-0.05, 0) is 30.7 Å². The first-order valence-corrected chi connectivity index (χ1v) is 7.85. The van der Waals surface area contributed by atoms with Crippen LogP contribution in [0.3, 0.4) is 0 Å². The van der Waals surface area contributed by atoms with Crippen LogP contribution in [0.2, 0.25) is 0 Å². The molecule has 1 aromatic carbocycles. The van der Waals surface area contributed by atoms with Gasteiger partial charge in [-0.3, -0.25) is 4.79 Å². The molecule has 124 valence electrons. The first-order valence-electron chi connectivity index (χ1n) is 7.85. The van der Waals surface area contributed by atoms with Gasteiger partial charge in [-0.15, -0.1) is 0 Å². The number of methoxy groups -OCH3 is 1. The summed E-state index contributed by atoms with van der Waals surface area (Å²) in [6, 6.07) is 5.63. The van der Waals surface area contributed by atoms with E-state index >= 15 is 0 Å². The maximum absolute atomic E-state index is 12.3. The molecule has 0 spiro atoms. The molecular formula is C16H22N4O3. The summed E-state index contributed by atoms with van der Waals surface area (Å²) in [4.78, 5) is 31.2. The van der Waals surface area contributed by atoms with Gasteiger partial charge in [0.25, 0.3) is 0 Å². The number of nitrogens with zero attached hydrogens (tertiary/aromatic N) is 1. The van der Waals surface area contributed by atoms with Crippen molar-refractivity contribution >= 4 is 16.9 Å². The summed E-state index contributed by atoms with van der Waals surface area (Å²) in [5.74, 6) is 0.134. The van der Waals surface area contributed by atoms with Crippen LogP contribution in [0.25, 0.3) is 11.0 Å². The van der Waals surface area contributed by atoms with Crippen molar-refractivity contribution in [2.45, 2.75) is 13.0 Å². The molecule has 1 aromatic heterocycles. The minimum absolute atomic E-state index is 0.0441. The van der Waals surface area contributed by atoms with Crippen LogP contribution in [0.5, 0.6) is 0 Å². The fourth-order valence-electron chi connectivity index (χ4n) is 2.99. The molecule has 2 heterocycles. The number of carbonyl (C=O) groups excluding carboxylic acids is 1. The molecule has 1 amide bonds. The SMILES string of the molecule is COCCN1CC[C@@H](C(=O)NCc2ccc3[nH]c(=O)[nH]c3c2)C1. The summed E-state index contributed by atoms with van der Waals surface area (Å²) < 4.78 is 5.07. The average Bonchev–Trinajstić information content (AvgIpc) is 3.15. The Morgan fingerprint density at radius 3 is 3.04 bits per heavy atom. The van der Waals surface area contributed by atoms with Crippen molar-refractivity contribution in [3.8, 4) is 0 Å². The minimum Gasteiger partial charge on any atom is -0.383 e. The van der Waals surface area contributed by atoms with Gasteiger partial charge in [0.05, 0.1) is 23.6 Å². The van der Waals surface area contributed by atoms with Crippen molar-refractivity contribution in [2.24, 2.45) is 5.92 Å². The van der Waals surface area contributed by atoms with Gasteiger partial charge in [-0.2, -0.15) is 0 Å². The molecule has 7 heteroatoms. The maximum Gasteiger partial charge on any atom is 0.323 e. The first kappa shape index (κ1) is 15.8. The van der Waals surface area contributed by atoms with E-state index in [1.807, 2.05) is 18.2 Å². The van der Waals surface area contributed by atoms with E-state index in [2.05, 4.69) is 20.2 Å². The Bertz CT molecular complexity index is 736. The number of likely N-dealkylation sites (tertiary alicyclic amines) is 1. The molecule has 1 aliphatic heterocycles. The van der Waals surface area contributed by atoms with Gasteiger partial charge < -0.3 is 24.9 Å². The highest BCUT2D eigenvalue weighted by Gasteiger charge is 2.27. The fourth-order valence-corrected chi connectivity index (χ4v) is 2.99. The number of carbonyl (C=O) groups is 1. The third kappa shape index (κ3) is 3.80. The van der Waals surface area contributed by atoms with E-state index < -0.39 is 0 Å². The number of amides is 1. The van der Waals surface area contributed by atoms with Crippen molar-refractivity contribution in [1.82, 2.24) is 20.2 Å². The number of hydrogen-bond acceptors (Lipinski definition) is 4. The molecule has 1 saturated heterocycles. The van der Waals surface area contributed by atoms with Crippen LogP contribution < -0.4 is 11.0 Å². The molecule has 0 aliphatic carbocycles. The fraction of sp³-hybridized carbons (Fsp3) is 0.500. The molecule has 0 unspecified atom stereocenters. The van der Waals surface area contributed by atoms with Crippen molar-refractivity contribution < 1.29 is 9.53 Å². The second kappa shape index (κ2) is 6.97. The number of rotatable bonds is 6. The number of aromatic nitrogens is 2. The van der Waals surface area contributed by atoms with E-state index in [1.54, 1.807) is 7.11 Å². The van der Waals surface area contributed by atoms with Crippen LogP contribution in [0, 0.1) is 5.92 Å². The van der Waals surface area contributed by atoms with E-state index in [1.165, 1.54) is 0 Å². The topological polar surface area (TPSA) is 90.2 Å². The van der Waals surface area contributed by atoms with Crippen molar-refractivity contribution in [3.63, 3.8) is 0 Å². The van der Waals surface area contributed by atoms with Crippen LogP contribution in [0.15, 0.2) is 23.0 Å². The molecule has 1 atom stereocenters. The summed E-state index contributed by atoms with van der Waals surface area (Å²) in [6.45, 7) is 3.77. The Hall–Kier alpha value is -2.12. The number of H-pyrrole nitrogens is 2. The smallest absolute Gasteiger partial charge is 0.323 e. The average molecular weight is 318 g/mol. The minimum atomic E-state index is -0.219. The van der Waals surface area contributed by atoms with Gasteiger partial charge >= 0.3 is 5.69 Å². The number of fused-ring (bicyclic) bond motifs is 1. The highest BCUT2D eigenvalue weighted by atomic mass is 16.5. The lowest BCUT2D eigenvalue weighted by atomic mass is 10.1. The van der Waals surface area contributed by atoms with Gasteiger partial charge in [0.2, 0.25) is 5.91 Å². The van der Waals surface area contributed by atoms with Gasteiger partial charge in [0.1, 0.15) is 0 Å². The van der Waals surface area contributed by atoms with Crippen LogP contribution in [0.4, 0.5) is 0 Å². The highest BCUT2D eigenvalue weighted by Crippen LogP contribution is 2.16. The van der Waals surface area contributed by atoms with E-state index in [9.17, 15) is 9.59 Å².